The summed E-state index contributed by atoms with van der Waals surface area (Å²) in [5.41, 5.74) is 0.578. The van der Waals surface area contributed by atoms with Crippen LogP contribution in [0.3, 0.4) is 0 Å². The van der Waals surface area contributed by atoms with Crippen molar-refractivity contribution in [2.45, 2.75) is 33.6 Å². The first kappa shape index (κ1) is 14.9. The van der Waals surface area contributed by atoms with Gasteiger partial charge in [-0.05, 0) is 31.3 Å². The van der Waals surface area contributed by atoms with Crippen LogP contribution in [0.1, 0.15) is 33.6 Å². The van der Waals surface area contributed by atoms with Crippen LogP contribution >= 0.6 is 0 Å². The van der Waals surface area contributed by atoms with E-state index in [2.05, 4.69) is 30.5 Å². The smallest absolute Gasteiger partial charge is 0.0574 e. The zero-order valence-corrected chi connectivity index (χ0v) is 11.3. The van der Waals surface area contributed by atoms with Gasteiger partial charge in [-0.3, -0.25) is 0 Å². The number of likely N-dealkylation sites (tertiary alicyclic amines) is 1. The minimum atomic E-state index is 0.578. The molecule has 1 aliphatic heterocycles. The van der Waals surface area contributed by atoms with E-state index in [0.29, 0.717) is 5.41 Å². The third kappa shape index (κ3) is 7.77. The van der Waals surface area contributed by atoms with Crippen LogP contribution in [0.5, 0.6) is 0 Å². The Kier molecular flexibility index (Phi) is 7.14. The van der Waals surface area contributed by atoms with Crippen molar-refractivity contribution in [3.63, 3.8) is 0 Å². The van der Waals surface area contributed by atoms with Crippen LogP contribution < -0.4 is 0 Å². The Hall–Kier alpha value is -0.120. The van der Waals surface area contributed by atoms with E-state index in [9.17, 15) is 0 Å². The van der Waals surface area contributed by atoms with E-state index in [0.717, 1.165) is 0 Å². The highest BCUT2D eigenvalue weighted by atomic mass is 16.7. The van der Waals surface area contributed by atoms with Gasteiger partial charge < -0.3 is 9.74 Å². The zero-order chi connectivity index (χ0) is 11.9. The molecule has 0 bridgehead atoms. The molecular weight excluding hydrogens is 188 g/mol. The normalized spacial score (nSPS) is 21.0. The Morgan fingerprint density at radius 3 is 2.13 bits per heavy atom. The van der Waals surface area contributed by atoms with Crippen LogP contribution in [0.15, 0.2) is 0 Å². The van der Waals surface area contributed by atoms with Crippen LogP contribution in [0, 0.1) is 5.41 Å². The first-order chi connectivity index (χ1) is 6.91. The summed E-state index contributed by atoms with van der Waals surface area (Å²) in [6.07, 6.45) is 2.80. The quantitative estimate of drug-likeness (QED) is 0.658. The number of hydrogen-bond acceptors (Lipinski definition) is 3. The Labute approximate surface area is 95.3 Å². The number of nitrogens with zero attached hydrogens (tertiary/aromatic N) is 2. The third-order valence-electron chi connectivity index (χ3n) is 2.79. The van der Waals surface area contributed by atoms with Gasteiger partial charge in [0.2, 0.25) is 0 Å². The molecule has 0 aromatic carbocycles. The maximum absolute atomic E-state index is 4.58. The van der Waals surface area contributed by atoms with Gasteiger partial charge in [0.15, 0.2) is 0 Å². The molecule has 1 aliphatic rings. The monoisotopic (exact) mass is 216 g/mol. The van der Waals surface area contributed by atoms with Gasteiger partial charge in [0.05, 0.1) is 7.11 Å². The fourth-order valence-electron chi connectivity index (χ4n) is 1.81. The van der Waals surface area contributed by atoms with Crippen LogP contribution in [-0.2, 0) is 4.84 Å². The number of rotatable bonds is 2. The van der Waals surface area contributed by atoms with Crippen molar-refractivity contribution in [1.82, 2.24) is 9.96 Å². The lowest BCUT2D eigenvalue weighted by atomic mass is 9.84. The Morgan fingerprint density at radius 1 is 1.33 bits per heavy atom. The van der Waals surface area contributed by atoms with Crippen molar-refractivity contribution in [3.8, 4) is 0 Å². The highest BCUT2D eigenvalue weighted by molar-refractivity contribution is 4.78. The van der Waals surface area contributed by atoms with Crippen molar-refractivity contribution in [2.24, 2.45) is 5.41 Å². The number of hydrogen-bond donors (Lipinski definition) is 0. The molecule has 0 aliphatic carbocycles. The highest BCUT2D eigenvalue weighted by Gasteiger charge is 2.24. The van der Waals surface area contributed by atoms with E-state index < -0.39 is 0 Å². The van der Waals surface area contributed by atoms with E-state index >= 15 is 0 Å². The molecule has 92 valence electrons. The lowest BCUT2D eigenvalue weighted by Gasteiger charge is -2.37. The van der Waals surface area contributed by atoms with E-state index in [1.54, 1.807) is 12.2 Å². The lowest BCUT2D eigenvalue weighted by molar-refractivity contribution is -0.0855. The molecule has 1 saturated heterocycles. The molecule has 0 amide bonds. The fourth-order valence-corrected chi connectivity index (χ4v) is 1.81. The van der Waals surface area contributed by atoms with Crippen molar-refractivity contribution in [1.29, 1.82) is 0 Å². The van der Waals surface area contributed by atoms with Crippen LogP contribution in [0.2, 0.25) is 0 Å². The molecule has 1 heterocycles. The zero-order valence-electron chi connectivity index (χ0n) is 11.3. The van der Waals surface area contributed by atoms with Crippen molar-refractivity contribution in [3.05, 3.63) is 0 Å². The van der Waals surface area contributed by atoms with E-state index in [-0.39, 0.29) is 0 Å². The van der Waals surface area contributed by atoms with Crippen LogP contribution in [-0.4, -0.2) is 50.8 Å². The topological polar surface area (TPSA) is 15.7 Å². The number of piperidine rings is 1. The highest BCUT2D eigenvalue weighted by Crippen LogP contribution is 2.27. The van der Waals surface area contributed by atoms with Gasteiger partial charge in [0.25, 0.3) is 0 Å². The predicted octanol–water partition coefficient (Wildman–Crippen LogP) is 2.24. The maximum Gasteiger partial charge on any atom is 0.0574 e. The van der Waals surface area contributed by atoms with Crippen LogP contribution in [0.25, 0.3) is 0 Å². The van der Waals surface area contributed by atoms with Gasteiger partial charge in [-0.25, -0.2) is 0 Å². The first-order valence-corrected chi connectivity index (χ1v) is 5.85. The Morgan fingerprint density at radius 2 is 1.87 bits per heavy atom. The van der Waals surface area contributed by atoms with Gasteiger partial charge in [-0.15, -0.1) is 0 Å². The van der Waals surface area contributed by atoms with Gasteiger partial charge in [0, 0.05) is 20.6 Å². The second-order valence-corrected chi connectivity index (χ2v) is 5.13. The van der Waals surface area contributed by atoms with E-state index in [1.807, 2.05) is 14.1 Å². The van der Waals surface area contributed by atoms with Gasteiger partial charge >= 0.3 is 0 Å². The molecule has 0 aromatic rings. The summed E-state index contributed by atoms with van der Waals surface area (Å²) in [5, 5.41) is 1.62. The molecule has 0 spiro atoms. The summed E-state index contributed by atoms with van der Waals surface area (Å²) in [7, 11) is 5.29. The third-order valence-corrected chi connectivity index (χ3v) is 2.79. The molecule has 0 unspecified atom stereocenters. The maximum atomic E-state index is 4.58. The summed E-state index contributed by atoms with van der Waals surface area (Å²) < 4.78 is 0. The summed E-state index contributed by atoms with van der Waals surface area (Å²) in [6.45, 7) is 10.8. The van der Waals surface area contributed by atoms with Crippen molar-refractivity contribution in [2.75, 3.05) is 40.8 Å². The molecule has 0 atom stereocenters. The average molecular weight is 216 g/mol. The molecule has 3 heteroatoms. The van der Waals surface area contributed by atoms with E-state index in [1.165, 1.54) is 32.5 Å². The predicted molar refractivity (Wildman–Crippen MR) is 65.8 cm³/mol. The Balaban J connectivity index is 0.000000336. The van der Waals surface area contributed by atoms with Crippen LogP contribution in [0.4, 0.5) is 0 Å². The molecule has 0 radical (unpaired) electrons. The average Bonchev–Trinajstić information content (AvgIpc) is 2.17. The molecule has 0 saturated carbocycles. The second kappa shape index (κ2) is 7.20. The standard InChI is InChI=1S/C9H19N.C3H9NO/c1-4-10-7-5-6-9(2,3)8-10;1-4(2)5-3/h4-8H2,1-3H3;1-3H3. The summed E-state index contributed by atoms with van der Waals surface area (Å²) >= 11 is 0. The van der Waals surface area contributed by atoms with Gasteiger partial charge in [0.1, 0.15) is 0 Å². The first-order valence-electron chi connectivity index (χ1n) is 5.85. The molecule has 0 N–H and O–H groups in total. The summed E-state index contributed by atoms with van der Waals surface area (Å²) in [4.78, 5) is 7.13. The summed E-state index contributed by atoms with van der Waals surface area (Å²) in [6, 6.07) is 0. The summed E-state index contributed by atoms with van der Waals surface area (Å²) in [5.74, 6) is 0. The molecule has 15 heavy (non-hydrogen) atoms. The minimum Gasteiger partial charge on any atom is -0.303 e. The second-order valence-electron chi connectivity index (χ2n) is 5.13. The molecule has 3 nitrogen and oxygen atoms in total. The lowest BCUT2D eigenvalue weighted by Crippen LogP contribution is -2.39. The minimum absolute atomic E-state index is 0.578. The van der Waals surface area contributed by atoms with Crippen molar-refractivity contribution < 1.29 is 4.84 Å². The Bertz CT molecular complexity index is 158. The molecule has 1 rings (SSSR count). The van der Waals surface area contributed by atoms with Gasteiger partial charge in [-0.2, -0.15) is 5.06 Å². The van der Waals surface area contributed by atoms with Crippen molar-refractivity contribution >= 4 is 0 Å². The molecule has 0 aromatic heterocycles. The van der Waals surface area contributed by atoms with E-state index in [4.69, 9.17) is 0 Å². The SMILES string of the molecule is CCN1CCCC(C)(C)C1.CON(C)C. The molecule has 1 fully saturated rings. The molecular formula is C12H28N2O. The van der Waals surface area contributed by atoms with Gasteiger partial charge in [-0.1, -0.05) is 20.8 Å². The fraction of sp³-hybridized carbons (Fsp3) is 1.00. The largest absolute Gasteiger partial charge is 0.303 e. The number of hydroxylamine groups is 2.